The van der Waals surface area contributed by atoms with Gasteiger partial charge in [0.1, 0.15) is 0 Å². The van der Waals surface area contributed by atoms with E-state index < -0.39 is 0 Å². The molecule has 3 nitrogen and oxygen atoms in total. The second kappa shape index (κ2) is 5.41. The molecule has 1 aliphatic carbocycles. The number of nitrogens with two attached hydrogens (primary N) is 1. The molecule has 1 aromatic carbocycles. The fourth-order valence-corrected chi connectivity index (χ4v) is 3.57. The number of nitrogens with one attached hydrogen (secondary N) is 1. The summed E-state index contributed by atoms with van der Waals surface area (Å²) in [6.45, 7) is 0.858. The maximum absolute atomic E-state index is 5.99. The summed E-state index contributed by atoms with van der Waals surface area (Å²) >= 11 is 5.95. The van der Waals surface area contributed by atoms with Crippen molar-refractivity contribution in [1.82, 2.24) is 5.43 Å². The maximum atomic E-state index is 5.99. The van der Waals surface area contributed by atoms with Crippen molar-refractivity contribution < 1.29 is 4.74 Å². The Kier molecular flexibility index (Phi) is 3.81. The minimum atomic E-state index is 0.157. The SMILES string of the molecule is NNC(c1ccc(Cl)cc1)C1CCOC2(CCC2)C1. The van der Waals surface area contributed by atoms with Crippen LogP contribution in [0.3, 0.4) is 0 Å². The number of hydrazine groups is 1. The van der Waals surface area contributed by atoms with Crippen LogP contribution >= 0.6 is 11.6 Å². The zero-order chi connectivity index (χ0) is 13.3. The molecular weight excluding hydrogens is 260 g/mol. The van der Waals surface area contributed by atoms with E-state index in [0.29, 0.717) is 5.92 Å². The zero-order valence-corrected chi connectivity index (χ0v) is 11.8. The van der Waals surface area contributed by atoms with E-state index in [9.17, 15) is 0 Å². The Balaban J connectivity index is 1.76. The summed E-state index contributed by atoms with van der Waals surface area (Å²) in [4.78, 5) is 0. The molecule has 0 radical (unpaired) electrons. The normalized spacial score (nSPS) is 26.9. The molecule has 1 spiro atoms. The van der Waals surface area contributed by atoms with Gasteiger partial charge in [-0.25, -0.2) is 0 Å². The highest BCUT2D eigenvalue weighted by Gasteiger charge is 2.44. The summed E-state index contributed by atoms with van der Waals surface area (Å²) in [6, 6.07) is 8.18. The van der Waals surface area contributed by atoms with Gasteiger partial charge in [-0.05, 0) is 55.7 Å². The maximum Gasteiger partial charge on any atom is 0.0686 e. The lowest BCUT2D eigenvalue weighted by atomic mass is 9.70. The van der Waals surface area contributed by atoms with Crippen molar-refractivity contribution in [2.45, 2.75) is 43.7 Å². The molecule has 1 heterocycles. The van der Waals surface area contributed by atoms with Crippen LogP contribution in [0.25, 0.3) is 0 Å². The van der Waals surface area contributed by atoms with Gasteiger partial charge in [-0.3, -0.25) is 11.3 Å². The van der Waals surface area contributed by atoms with Crippen LogP contribution < -0.4 is 11.3 Å². The average molecular weight is 281 g/mol. The predicted octanol–water partition coefficient (Wildman–Crippen LogP) is 3.19. The lowest BCUT2D eigenvalue weighted by Crippen LogP contribution is -2.48. The van der Waals surface area contributed by atoms with Gasteiger partial charge < -0.3 is 4.74 Å². The third kappa shape index (κ3) is 2.65. The molecule has 1 saturated heterocycles. The van der Waals surface area contributed by atoms with E-state index in [4.69, 9.17) is 22.2 Å². The van der Waals surface area contributed by atoms with Crippen molar-refractivity contribution >= 4 is 11.6 Å². The fraction of sp³-hybridized carbons (Fsp3) is 0.600. The highest BCUT2D eigenvalue weighted by Crippen LogP contribution is 2.47. The Hall–Kier alpha value is -0.610. The number of ether oxygens (including phenoxy) is 1. The number of hydrogen-bond donors (Lipinski definition) is 2. The molecule has 0 aromatic heterocycles. The predicted molar refractivity (Wildman–Crippen MR) is 76.8 cm³/mol. The molecule has 0 amide bonds. The van der Waals surface area contributed by atoms with E-state index in [1.807, 2.05) is 12.1 Å². The summed E-state index contributed by atoms with van der Waals surface area (Å²) < 4.78 is 5.99. The van der Waals surface area contributed by atoms with Crippen LogP contribution in [0.2, 0.25) is 5.02 Å². The van der Waals surface area contributed by atoms with E-state index in [1.165, 1.54) is 24.8 Å². The van der Waals surface area contributed by atoms with Crippen molar-refractivity contribution in [3.05, 3.63) is 34.9 Å². The third-order valence-corrected chi connectivity index (χ3v) is 4.93. The quantitative estimate of drug-likeness (QED) is 0.660. The van der Waals surface area contributed by atoms with Crippen LogP contribution in [-0.2, 0) is 4.74 Å². The molecule has 1 aliphatic heterocycles. The van der Waals surface area contributed by atoms with Crippen LogP contribution in [0.15, 0.2) is 24.3 Å². The molecule has 3 rings (SSSR count). The topological polar surface area (TPSA) is 47.3 Å². The zero-order valence-electron chi connectivity index (χ0n) is 11.1. The molecule has 2 fully saturated rings. The smallest absolute Gasteiger partial charge is 0.0686 e. The van der Waals surface area contributed by atoms with Crippen molar-refractivity contribution in [3.8, 4) is 0 Å². The minimum Gasteiger partial charge on any atom is -0.375 e. The van der Waals surface area contributed by atoms with Gasteiger partial charge in [-0.2, -0.15) is 0 Å². The fourth-order valence-electron chi connectivity index (χ4n) is 3.44. The van der Waals surface area contributed by atoms with E-state index in [1.54, 1.807) is 0 Å². The summed E-state index contributed by atoms with van der Waals surface area (Å²) in [5.74, 6) is 6.34. The Morgan fingerprint density at radius 2 is 2.05 bits per heavy atom. The van der Waals surface area contributed by atoms with Crippen molar-refractivity contribution in [2.75, 3.05) is 6.61 Å². The monoisotopic (exact) mass is 280 g/mol. The molecule has 2 atom stereocenters. The van der Waals surface area contributed by atoms with Crippen LogP contribution in [0, 0.1) is 5.92 Å². The second-order valence-corrected chi connectivity index (χ2v) is 6.27. The average Bonchev–Trinajstić information content (AvgIpc) is 2.40. The lowest BCUT2D eigenvalue weighted by molar-refractivity contribution is -0.147. The van der Waals surface area contributed by atoms with Gasteiger partial charge in [0.25, 0.3) is 0 Å². The highest BCUT2D eigenvalue weighted by atomic mass is 35.5. The molecule has 1 aromatic rings. The summed E-state index contributed by atoms with van der Waals surface area (Å²) in [7, 11) is 0. The summed E-state index contributed by atoms with van der Waals surface area (Å²) in [6.07, 6.45) is 5.90. The lowest BCUT2D eigenvalue weighted by Gasteiger charge is -2.48. The Bertz CT molecular complexity index is 430. The van der Waals surface area contributed by atoms with Crippen LogP contribution in [0.5, 0.6) is 0 Å². The molecule has 104 valence electrons. The first-order valence-electron chi connectivity index (χ1n) is 7.08. The van der Waals surface area contributed by atoms with Gasteiger partial charge in [0.15, 0.2) is 0 Å². The van der Waals surface area contributed by atoms with Gasteiger partial charge >= 0.3 is 0 Å². The molecule has 4 heteroatoms. The van der Waals surface area contributed by atoms with Gasteiger partial charge in [-0.1, -0.05) is 23.7 Å². The van der Waals surface area contributed by atoms with E-state index >= 15 is 0 Å². The molecule has 2 aliphatic rings. The second-order valence-electron chi connectivity index (χ2n) is 5.83. The van der Waals surface area contributed by atoms with Crippen molar-refractivity contribution in [3.63, 3.8) is 0 Å². The Labute approximate surface area is 119 Å². The molecule has 2 unspecified atom stereocenters. The Morgan fingerprint density at radius 1 is 1.32 bits per heavy atom. The van der Waals surface area contributed by atoms with Gasteiger partial charge in [0.05, 0.1) is 5.60 Å². The number of benzene rings is 1. The summed E-state index contributed by atoms with van der Waals surface area (Å²) in [5.41, 5.74) is 4.37. The molecular formula is C15H21ClN2O. The molecule has 1 saturated carbocycles. The molecule has 3 N–H and O–H groups in total. The highest BCUT2D eigenvalue weighted by molar-refractivity contribution is 6.30. The van der Waals surface area contributed by atoms with Crippen LogP contribution in [0.4, 0.5) is 0 Å². The van der Waals surface area contributed by atoms with Crippen molar-refractivity contribution in [1.29, 1.82) is 0 Å². The van der Waals surface area contributed by atoms with Gasteiger partial charge in [0.2, 0.25) is 0 Å². The van der Waals surface area contributed by atoms with E-state index in [0.717, 1.165) is 24.5 Å². The standard InChI is InChI=1S/C15H21ClN2O/c16-13-4-2-11(3-5-13)14(18-17)12-6-9-19-15(10-12)7-1-8-15/h2-5,12,14,18H,1,6-10,17H2. The van der Waals surface area contributed by atoms with E-state index in [2.05, 4.69) is 17.6 Å². The Morgan fingerprint density at radius 3 is 2.63 bits per heavy atom. The largest absolute Gasteiger partial charge is 0.375 e. The first-order chi connectivity index (χ1) is 9.22. The number of hydrogen-bond acceptors (Lipinski definition) is 3. The van der Waals surface area contributed by atoms with Crippen LogP contribution in [0.1, 0.15) is 43.7 Å². The van der Waals surface area contributed by atoms with Gasteiger partial charge in [-0.15, -0.1) is 0 Å². The third-order valence-electron chi connectivity index (χ3n) is 4.68. The number of rotatable bonds is 3. The van der Waals surface area contributed by atoms with E-state index in [-0.39, 0.29) is 11.6 Å². The minimum absolute atomic E-state index is 0.157. The van der Waals surface area contributed by atoms with Gasteiger partial charge in [0, 0.05) is 17.7 Å². The van der Waals surface area contributed by atoms with Crippen molar-refractivity contribution in [2.24, 2.45) is 11.8 Å². The first kappa shape index (κ1) is 13.4. The first-order valence-corrected chi connectivity index (χ1v) is 7.46. The molecule has 0 bridgehead atoms. The summed E-state index contributed by atoms with van der Waals surface area (Å²) in [5, 5.41) is 0.766. The molecule has 19 heavy (non-hydrogen) atoms. The van der Waals surface area contributed by atoms with Crippen LogP contribution in [-0.4, -0.2) is 12.2 Å². The number of halogens is 1.